The molecule has 0 aromatic heterocycles. The third-order valence-corrected chi connectivity index (χ3v) is 5.95. The minimum atomic E-state index is -1.59. The smallest absolute Gasteiger partial charge is 0.157 e. The highest BCUT2D eigenvalue weighted by atomic mass is 16.3. The van der Waals surface area contributed by atoms with E-state index in [0.29, 0.717) is 0 Å². The lowest BCUT2D eigenvalue weighted by Gasteiger charge is -2.46. The lowest BCUT2D eigenvalue weighted by atomic mass is 9.56. The molecule has 4 rings (SSSR count). The quantitative estimate of drug-likeness (QED) is 0.307. The van der Waals surface area contributed by atoms with E-state index >= 15 is 0 Å². The number of benzene rings is 2. The number of carbonyl (C=O) groups excluding carboxylic acids is 3. The molecule has 0 radical (unpaired) electrons. The van der Waals surface area contributed by atoms with Gasteiger partial charge in [0.15, 0.2) is 28.8 Å². The third-order valence-electron chi connectivity index (χ3n) is 5.95. The van der Waals surface area contributed by atoms with Crippen LogP contribution in [0.5, 0.6) is 28.7 Å². The number of hydrogen-bond donors (Lipinski definition) is 6. The van der Waals surface area contributed by atoms with Crippen molar-refractivity contribution in [3.8, 4) is 28.7 Å². The number of aliphatic hydroxyl groups is 1. The molecule has 9 nitrogen and oxygen atoms in total. The number of aliphatic hydroxyl groups excluding tert-OH is 1. The summed E-state index contributed by atoms with van der Waals surface area (Å²) < 4.78 is 0. The van der Waals surface area contributed by atoms with Crippen molar-refractivity contribution < 1.29 is 45.0 Å². The van der Waals surface area contributed by atoms with E-state index in [1.165, 1.54) is 6.07 Å². The minimum Gasteiger partial charge on any atom is -0.508 e. The molecule has 0 spiro atoms. The van der Waals surface area contributed by atoms with Crippen LogP contribution in [0.15, 0.2) is 30.3 Å². The largest absolute Gasteiger partial charge is 0.508 e. The molecule has 2 aliphatic rings. The van der Waals surface area contributed by atoms with Gasteiger partial charge >= 0.3 is 0 Å². The molecule has 2 bridgehead atoms. The summed E-state index contributed by atoms with van der Waals surface area (Å²) in [6.45, 7) is 0. The van der Waals surface area contributed by atoms with Crippen molar-refractivity contribution in [1.82, 2.24) is 0 Å². The van der Waals surface area contributed by atoms with Crippen LogP contribution < -0.4 is 0 Å². The molecule has 2 aliphatic carbocycles. The average molecular weight is 414 g/mol. The van der Waals surface area contributed by atoms with Crippen molar-refractivity contribution in [2.75, 3.05) is 0 Å². The van der Waals surface area contributed by atoms with Crippen LogP contribution in [0, 0.1) is 11.8 Å². The Morgan fingerprint density at radius 1 is 0.700 bits per heavy atom. The van der Waals surface area contributed by atoms with Crippen molar-refractivity contribution in [1.29, 1.82) is 0 Å². The van der Waals surface area contributed by atoms with Gasteiger partial charge in [0.2, 0.25) is 0 Å². The highest BCUT2D eigenvalue weighted by molar-refractivity contribution is 6.24. The maximum absolute atomic E-state index is 13.1. The Kier molecular flexibility index (Phi) is 4.43. The summed E-state index contributed by atoms with van der Waals surface area (Å²) in [5.74, 6) is -10.3. The van der Waals surface area contributed by atoms with Gasteiger partial charge in [-0.3, -0.25) is 14.4 Å². The molecule has 5 atom stereocenters. The third kappa shape index (κ3) is 2.78. The minimum absolute atomic E-state index is 0.167. The second-order valence-corrected chi connectivity index (χ2v) is 7.66. The van der Waals surface area contributed by atoms with Crippen molar-refractivity contribution in [3.63, 3.8) is 0 Å². The van der Waals surface area contributed by atoms with E-state index in [1.54, 1.807) is 0 Å². The van der Waals surface area contributed by atoms with E-state index in [0.717, 1.165) is 24.3 Å². The Morgan fingerprint density at radius 3 is 1.83 bits per heavy atom. The summed E-state index contributed by atoms with van der Waals surface area (Å²) in [4.78, 5) is 38.2. The topological polar surface area (TPSA) is 173 Å². The molecule has 9 heteroatoms. The van der Waals surface area contributed by atoms with Crippen LogP contribution in [0.4, 0.5) is 0 Å². The van der Waals surface area contributed by atoms with Crippen molar-refractivity contribution >= 4 is 17.3 Å². The van der Waals surface area contributed by atoms with Gasteiger partial charge in [0.1, 0.15) is 17.2 Å². The molecule has 2 fully saturated rings. The van der Waals surface area contributed by atoms with Gasteiger partial charge in [-0.25, -0.2) is 0 Å². The summed E-state index contributed by atoms with van der Waals surface area (Å²) in [6, 6.07) is 5.37. The first-order chi connectivity index (χ1) is 14.1. The second-order valence-electron chi connectivity index (χ2n) is 7.66. The van der Waals surface area contributed by atoms with Crippen molar-refractivity contribution in [2.45, 2.75) is 24.4 Å². The summed E-state index contributed by atoms with van der Waals surface area (Å²) in [7, 11) is 0. The zero-order chi connectivity index (χ0) is 21.9. The first-order valence-corrected chi connectivity index (χ1v) is 9.15. The molecule has 0 amide bonds. The number of Topliss-reactive ketones (excluding diaryl/α,β-unsaturated/α-hetero) is 3. The number of carbonyl (C=O) groups is 3. The van der Waals surface area contributed by atoms with E-state index in [2.05, 4.69) is 0 Å². The number of aromatic hydroxyl groups is 5. The molecule has 5 unspecified atom stereocenters. The molecule has 2 aromatic rings. The molecule has 2 saturated carbocycles. The van der Waals surface area contributed by atoms with Crippen LogP contribution >= 0.6 is 0 Å². The number of phenolic OH excluding ortho intramolecular Hbond substituents is 5. The van der Waals surface area contributed by atoms with Crippen LogP contribution in [0.2, 0.25) is 0 Å². The van der Waals surface area contributed by atoms with Crippen molar-refractivity contribution in [2.24, 2.45) is 11.8 Å². The second kappa shape index (κ2) is 6.74. The number of fused-ring (bicyclic) bond motifs is 2. The maximum atomic E-state index is 13.1. The predicted octanol–water partition coefficient (Wildman–Crippen LogP) is 0.800. The van der Waals surface area contributed by atoms with Gasteiger partial charge in [-0.15, -0.1) is 0 Å². The predicted molar refractivity (Wildman–Crippen MR) is 99.3 cm³/mol. The lowest BCUT2D eigenvalue weighted by Crippen LogP contribution is -2.56. The summed E-state index contributed by atoms with van der Waals surface area (Å²) >= 11 is 0. The standard InChI is InChI=1S/C21H18O9/c22-8-4-11(25)16(12(26)5-8)19-18-14(28)6-13(27)17(21(18)30)15(20(19)29)7-1-2-9(23)10(24)3-7/h1-5,15,17-20,22-26,29H,6H2. The van der Waals surface area contributed by atoms with Gasteiger partial charge in [-0.2, -0.15) is 0 Å². The molecular weight excluding hydrogens is 396 g/mol. The molecule has 2 aromatic carbocycles. The van der Waals surface area contributed by atoms with E-state index < -0.39 is 82.3 Å². The Balaban J connectivity index is 1.93. The van der Waals surface area contributed by atoms with Gasteiger partial charge in [0, 0.05) is 29.5 Å². The molecule has 6 N–H and O–H groups in total. The Morgan fingerprint density at radius 2 is 1.27 bits per heavy atom. The van der Waals surface area contributed by atoms with E-state index in [4.69, 9.17) is 0 Å². The Labute approximate surface area is 169 Å². The first kappa shape index (κ1) is 19.7. The number of ketones is 3. The number of rotatable bonds is 2. The van der Waals surface area contributed by atoms with Gasteiger partial charge < -0.3 is 30.6 Å². The highest BCUT2D eigenvalue weighted by Crippen LogP contribution is 2.54. The van der Waals surface area contributed by atoms with Gasteiger partial charge in [-0.05, 0) is 17.7 Å². The van der Waals surface area contributed by atoms with E-state index in [-0.39, 0.29) is 11.1 Å². The van der Waals surface area contributed by atoms with Crippen LogP contribution in [0.25, 0.3) is 0 Å². The SMILES string of the molecule is O=C1CC(=O)C2C(=O)C1C(c1ccc(O)c(O)c1)C(O)C2c1c(O)cc(O)cc1O. The summed E-state index contributed by atoms with van der Waals surface area (Å²) in [6.07, 6.45) is -2.14. The van der Waals surface area contributed by atoms with E-state index in [1.807, 2.05) is 0 Å². The fourth-order valence-corrected chi connectivity index (χ4v) is 4.70. The van der Waals surface area contributed by atoms with Crippen LogP contribution in [-0.2, 0) is 14.4 Å². The first-order valence-electron chi connectivity index (χ1n) is 9.15. The highest BCUT2D eigenvalue weighted by Gasteiger charge is 2.59. The van der Waals surface area contributed by atoms with Crippen LogP contribution in [0.3, 0.4) is 0 Å². The zero-order valence-corrected chi connectivity index (χ0v) is 15.4. The van der Waals surface area contributed by atoms with Gasteiger partial charge in [-0.1, -0.05) is 6.07 Å². The zero-order valence-electron chi connectivity index (χ0n) is 15.4. The monoisotopic (exact) mass is 414 g/mol. The van der Waals surface area contributed by atoms with Gasteiger partial charge in [0.05, 0.1) is 24.4 Å². The Bertz CT molecular complexity index is 1070. The fourth-order valence-electron chi connectivity index (χ4n) is 4.70. The fraction of sp³-hybridized carbons (Fsp3) is 0.286. The van der Waals surface area contributed by atoms with Gasteiger partial charge in [0.25, 0.3) is 0 Å². The normalized spacial score (nSPS) is 28.6. The average Bonchev–Trinajstić information content (AvgIpc) is 2.64. The Hall–Kier alpha value is -3.59. The molecule has 0 aliphatic heterocycles. The summed E-state index contributed by atoms with van der Waals surface area (Å²) in [5.41, 5.74) is -0.132. The molecule has 30 heavy (non-hydrogen) atoms. The maximum Gasteiger partial charge on any atom is 0.157 e. The van der Waals surface area contributed by atoms with E-state index in [9.17, 15) is 45.0 Å². The molecule has 0 heterocycles. The lowest BCUT2D eigenvalue weighted by molar-refractivity contribution is -0.154. The molecular formula is C21H18O9. The molecule has 156 valence electrons. The van der Waals surface area contributed by atoms with Crippen molar-refractivity contribution in [3.05, 3.63) is 41.5 Å². The number of hydrogen-bond acceptors (Lipinski definition) is 9. The molecule has 0 saturated heterocycles. The number of phenols is 5. The van der Waals surface area contributed by atoms with Crippen LogP contribution in [-0.4, -0.2) is 54.1 Å². The summed E-state index contributed by atoms with van der Waals surface area (Å²) in [5, 5.41) is 60.8. The van der Waals surface area contributed by atoms with Crippen LogP contribution in [0.1, 0.15) is 29.4 Å².